The standard InChI is InChI=1S/C13H12FN3O3/c1-15-8-9-3-2-6-16-13(9)20-10-4-5-12(17(18)19)11(14)7-10/h2-7,15H,8H2,1H3. The average Bonchev–Trinajstić information content (AvgIpc) is 2.41. The van der Waals surface area contributed by atoms with Crippen molar-refractivity contribution < 1.29 is 14.1 Å². The number of rotatable bonds is 5. The highest BCUT2D eigenvalue weighted by molar-refractivity contribution is 5.40. The number of nitro benzene ring substituents is 1. The first-order valence-electron chi connectivity index (χ1n) is 5.82. The van der Waals surface area contributed by atoms with Crippen molar-refractivity contribution >= 4 is 5.69 Å². The van der Waals surface area contributed by atoms with Crippen LogP contribution in [0.1, 0.15) is 5.56 Å². The van der Waals surface area contributed by atoms with E-state index in [0.29, 0.717) is 12.4 Å². The van der Waals surface area contributed by atoms with E-state index >= 15 is 0 Å². The quantitative estimate of drug-likeness (QED) is 0.671. The summed E-state index contributed by atoms with van der Waals surface area (Å²) in [4.78, 5) is 13.8. The molecule has 0 aliphatic carbocycles. The van der Waals surface area contributed by atoms with E-state index in [2.05, 4.69) is 10.3 Å². The topological polar surface area (TPSA) is 77.3 Å². The van der Waals surface area contributed by atoms with E-state index in [9.17, 15) is 14.5 Å². The van der Waals surface area contributed by atoms with Crippen LogP contribution in [-0.4, -0.2) is 17.0 Å². The summed E-state index contributed by atoms with van der Waals surface area (Å²) in [6.45, 7) is 0.540. The minimum atomic E-state index is -0.946. The van der Waals surface area contributed by atoms with Crippen molar-refractivity contribution in [1.29, 1.82) is 0 Å². The van der Waals surface area contributed by atoms with Gasteiger partial charge in [-0.05, 0) is 19.2 Å². The Bertz CT molecular complexity index is 634. The third-order valence-corrected chi connectivity index (χ3v) is 2.55. The van der Waals surface area contributed by atoms with Gasteiger partial charge in [-0.1, -0.05) is 6.07 Å². The molecule has 0 atom stereocenters. The van der Waals surface area contributed by atoms with Crippen molar-refractivity contribution in [3.05, 3.63) is 58.0 Å². The molecule has 0 fully saturated rings. The van der Waals surface area contributed by atoms with Gasteiger partial charge in [0.05, 0.1) is 4.92 Å². The van der Waals surface area contributed by atoms with E-state index in [0.717, 1.165) is 17.7 Å². The summed E-state index contributed by atoms with van der Waals surface area (Å²) in [5.74, 6) is -0.460. The van der Waals surface area contributed by atoms with E-state index < -0.39 is 16.4 Å². The van der Waals surface area contributed by atoms with Crippen molar-refractivity contribution in [3.8, 4) is 11.6 Å². The molecule has 0 aliphatic rings. The molecule has 2 aromatic rings. The highest BCUT2D eigenvalue weighted by atomic mass is 19.1. The van der Waals surface area contributed by atoms with Gasteiger partial charge in [-0.15, -0.1) is 0 Å². The van der Waals surface area contributed by atoms with Gasteiger partial charge in [-0.3, -0.25) is 10.1 Å². The number of aromatic nitrogens is 1. The fraction of sp³-hybridized carbons (Fsp3) is 0.154. The molecule has 0 bridgehead atoms. The lowest BCUT2D eigenvalue weighted by Crippen LogP contribution is -2.07. The van der Waals surface area contributed by atoms with Crippen LogP contribution in [0.3, 0.4) is 0 Å². The second kappa shape index (κ2) is 6.07. The molecular formula is C13H12FN3O3. The van der Waals surface area contributed by atoms with Crippen LogP contribution in [0.2, 0.25) is 0 Å². The Kier molecular flexibility index (Phi) is 4.21. The number of hydrogen-bond donors (Lipinski definition) is 1. The minimum absolute atomic E-state index is 0.157. The molecule has 20 heavy (non-hydrogen) atoms. The number of nitrogens with zero attached hydrogens (tertiary/aromatic N) is 2. The monoisotopic (exact) mass is 277 g/mol. The number of pyridine rings is 1. The van der Waals surface area contributed by atoms with Gasteiger partial charge in [0.1, 0.15) is 5.75 Å². The van der Waals surface area contributed by atoms with E-state index in [1.165, 1.54) is 6.07 Å². The Morgan fingerprint density at radius 1 is 1.45 bits per heavy atom. The van der Waals surface area contributed by atoms with Crippen molar-refractivity contribution in [1.82, 2.24) is 10.3 Å². The predicted octanol–water partition coefficient (Wildman–Crippen LogP) is 2.64. The predicted molar refractivity (Wildman–Crippen MR) is 70.1 cm³/mol. The van der Waals surface area contributed by atoms with Gasteiger partial charge < -0.3 is 10.1 Å². The minimum Gasteiger partial charge on any atom is -0.439 e. The van der Waals surface area contributed by atoms with Crippen LogP contribution in [0, 0.1) is 15.9 Å². The Labute approximate surface area is 114 Å². The van der Waals surface area contributed by atoms with Crippen molar-refractivity contribution in [2.24, 2.45) is 0 Å². The summed E-state index contributed by atoms with van der Waals surface area (Å²) in [6.07, 6.45) is 1.55. The molecule has 0 spiro atoms. The van der Waals surface area contributed by atoms with E-state index in [1.54, 1.807) is 19.3 Å². The molecule has 0 unspecified atom stereocenters. The van der Waals surface area contributed by atoms with Gasteiger partial charge in [-0.25, -0.2) is 4.98 Å². The van der Waals surface area contributed by atoms with Crippen LogP contribution in [0.25, 0.3) is 0 Å². The average molecular weight is 277 g/mol. The van der Waals surface area contributed by atoms with Gasteiger partial charge in [0.15, 0.2) is 0 Å². The number of ether oxygens (including phenoxy) is 1. The summed E-state index contributed by atoms with van der Waals surface area (Å²) >= 11 is 0. The third-order valence-electron chi connectivity index (χ3n) is 2.55. The SMILES string of the molecule is CNCc1cccnc1Oc1ccc([N+](=O)[O-])c(F)c1. The zero-order valence-electron chi connectivity index (χ0n) is 10.7. The van der Waals surface area contributed by atoms with Gasteiger partial charge in [0.2, 0.25) is 11.7 Å². The van der Waals surface area contributed by atoms with Crippen LogP contribution in [0.5, 0.6) is 11.6 Å². The van der Waals surface area contributed by atoms with Gasteiger partial charge in [0.25, 0.3) is 0 Å². The van der Waals surface area contributed by atoms with Crippen LogP contribution in [0.4, 0.5) is 10.1 Å². The zero-order valence-corrected chi connectivity index (χ0v) is 10.7. The normalized spacial score (nSPS) is 10.3. The molecule has 1 aromatic heterocycles. The smallest absolute Gasteiger partial charge is 0.305 e. The first-order valence-corrected chi connectivity index (χ1v) is 5.82. The Hall–Kier alpha value is -2.54. The second-order valence-corrected chi connectivity index (χ2v) is 3.97. The summed E-state index contributed by atoms with van der Waals surface area (Å²) in [5, 5.41) is 13.5. The fourth-order valence-electron chi connectivity index (χ4n) is 1.65. The molecule has 0 saturated carbocycles. The molecule has 0 amide bonds. The molecule has 1 N–H and O–H groups in total. The Morgan fingerprint density at radius 3 is 2.90 bits per heavy atom. The van der Waals surface area contributed by atoms with Crippen LogP contribution in [-0.2, 0) is 6.54 Å². The maximum atomic E-state index is 13.5. The number of hydrogen-bond acceptors (Lipinski definition) is 5. The molecule has 104 valence electrons. The Balaban J connectivity index is 2.26. The molecule has 0 radical (unpaired) electrons. The molecule has 1 aromatic carbocycles. The fourth-order valence-corrected chi connectivity index (χ4v) is 1.65. The van der Waals surface area contributed by atoms with Crippen LogP contribution < -0.4 is 10.1 Å². The second-order valence-electron chi connectivity index (χ2n) is 3.97. The highest BCUT2D eigenvalue weighted by Gasteiger charge is 2.15. The van der Waals surface area contributed by atoms with Crippen molar-refractivity contribution in [3.63, 3.8) is 0 Å². The largest absolute Gasteiger partial charge is 0.439 e. The Morgan fingerprint density at radius 2 is 2.25 bits per heavy atom. The van der Waals surface area contributed by atoms with Crippen LogP contribution in [0.15, 0.2) is 36.5 Å². The molecule has 2 rings (SSSR count). The molecule has 6 nitrogen and oxygen atoms in total. The lowest BCUT2D eigenvalue weighted by atomic mass is 10.2. The number of nitro groups is 1. The summed E-state index contributed by atoms with van der Waals surface area (Å²) in [7, 11) is 1.78. The maximum Gasteiger partial charge on any atom is 0.305 e. The van der Waals surface area contributed by atoms with Gasteiger partial charge >= 0.3 is 5.69 Å². The molecule has 0 aliphatic heterocycles. The third kappa shape index (κ3) is 3.07. The maximum absolute atomic E-state index is 13.5. The first-order chi connectivity index (χ1) is 9.61. The number of benzene rings is 1. The van der Waals surface area contributed by atoms with Gasteiger partial charge in [-0.2, -0.15) is 4.39 Å². The van der Waals surface area contributed by atoms with E-state index in [-0.39, 0.29) is 5.75 Å². The molecular weight excluding hydrogens is 265 g/mol. The van der Waals surface area contributed by atoms with E-state index in [1.807, 2.05) is 6.07 Å². The molecule has 1 heterocycles. The number of nitrogens with one attached hydrogen (secondary N) is 1. The number of halogens is 1. The van der Waals surface area contributed by atoms with Crippen LogP contribution >= 0.6 is 0 Å². The summed E-state index contributed by atoms with van der Waals surface area (Å²) < 4.78 is 19.0. The van der Waals surface area contributed by atoms with E-state index in [4.69, 9.17) is 4.74 Å². The zero-order chi connectivity index (χ0) is 14.5. The molecule has 0 saturated heterocycles. The van der Waals surface area contributed by atoms with Gasteiger partial charge in [0, 0.05) is 30.4 Å². The highest BCUT2D eigenvalue weighted by Crippen LogP contribution is 2.27. The molecule has 7 heteroatoms. The summed E-state index contributed by atoms with van der Waals surface area (Å²) in [5.41, 5.74) is 0.211. The van der Waals surface area contributed by atoms with Crippen molar-refractivity contribution in [2.45, 2.75) is 6.54 Å². The first kappa shape index (κ1) is 13.9. The lowest BCUT2D eigenvalue weighted by molar-refractivity contribution is -0.387. The summed E-state index contributed by atoms with van der Waals surface area (Å²) in [6, 6.07) is 6.94. The van der Waals surface area contributed by atoms with Crippen molar-refractivity contribution in [2.75, 3.05) is 7.05 Å². The lowest BCUT2D eigenvalue weighted by Gasteiger charge is -2.09.